The number of rotatable bonds is 6. The zero-order valence-electron chi connectivity index (χ0n) is 15.3. The SMILES string of the molecule is CCN(CCC#N)c1ccc(/C=N\N2C(=O)c3ccccc3C2=O)c(C)c1. The van der Waals surface area contributed by atoms with Gasteiger partial charge in [-0.1, -0.05) is 18.2 Å². The summed E-state index contributed by atoms with van der Waals surface area (Å²) in [6, 6.07) is 14.8. The van der Waals surface area contributed by atoms with E-state index in [4.69, 9.17) is 5.26 Å². The minimum atomic E-state index is -0.408. The maximum absolute atomic E-state index is 12.4. The number of benzene rings is 2. The second-order valence-electron chi connectivity index (χ2n) is 6.24. The molecule has 2 amide bonds. The minimum absolute atomic E-state index is 0.378. The number of anilines is 1. The number of amides is 2. The lowest BCUT2D eigenvalue weighted by molar-refractivity contribution is 0.0660. The average molecular weight is 360 g/mol. The van der Waals surface area contributed by atoms with Crippen LogP contribution in [0, 0.1) is 18.3 Å². The van der Waals surface area contributed by atoms with E-state index in [1.807, 2.05) is 32.0 Å². The largest absolute Gasteiger partial charge is 0.371 e. The van der Waals surface area contributed by atoms with Crippen LogP contribution in [-0.4, -0.2) is 36.1 Å². The number of aryl methyl sites for hydroxylation is 1. The molecule has 0 aliphatic carbocycles. The fourth-order valence-corrected chi connectivity index (χ4v) is 3.06. The number of fused-ring (bicyclic) bond motifs is 1. The summed E-state index contributed by atoms with van der Waals surface area (Å²) in [6.45, 7) is 5.48. The highest BCUT2D eigenvalue weighted by Crippen LogP contribution is 2.23. The van der Waals surface area contributed by atoms with E-state index in [1.54, 1.807) is 24.3 Å². The van der Waals surface area contributed by atoms with Gasteiger partial charge in [-0.05, 0) is 49.2 Å². The van der Waals surface area contributed by atoms with Crippen molar-refractivity contribution in [1.82, 2.24) is 5.01 Å². The molecule has 1 aliphatic rings. The smallest absolute Gasteiger partial charge is 0.282 e. The summed E-state index contributed by atoms with van der Waals surface area (Å²) in [5, 5.41) is 13.8. The first-order valence-electron chi connectivity index (χ1n) is 8.81. The Bertz CT molecular complexity index is 924. The lowest BCUT2D eigenvalue weighted by Crippen LogP contribution is -2.24. The minimum Gasteiger partial charge on any atom is -0.371 e. The molecule has 6 nitrogen and oxygen atoms in total. The van der Waals surface area contributed by atoms with Crippen LogP contribution < -0.4 is 4.90 Å². The monoisotopic (exact) mass is 360 g/mol. The third kappa shape index (κ3) is 3.58. The Morgan fingerprint density at radius 2 is 1.81 bits per heavy atom. The zero-order valence-corrected chi connectivity index (χ0v) is 15.3. The predicted octanol–water partition coefficient (Wildman–Crippen LogP) is 3.37. The Balaban J connectivity index is 1.80. The second kappa shape index (κ2) is 7.83. The molecule has 3 rings (SSSR count). The van der Waals surface area contributed by atoms with E-state index in [1.165, 1.54) is 6.21 Å². The number of carbonyl (C=O) groups is 2. The normalized spacial score (nSPS) is 13.1. The predicted molar refractivity (Wildman–Crippen MR) is 104 cm³/mol. The highest BCUT2D eigenvalue weighted by atomic mass is 16.2. The van der Waals surface area contributed by atoms with E-state index in [-0.39, 0.29) is 0 Å². The Morgan fingerprint density at radius 3 is 2.37 bits per heavy atom. The van der Waals surface area contributed by atoms with Crippen molar-refractivity contribution in [2.45, 2.75) is 20.3 Å². The van der Waals surface area contributed by atoms with Crippen molar-refractivity contribution in [1.29, 1.82) is 5.26 Å². The van der Waals surface area contributed by atoms with E-state index >= 15 is 0 Å². The first-order chi connectivity index (χ1) is 13.1. The Morgan fingerprint density at radius 1 is 1.15 bits per heavy atom. The molecular formula is C21H20N4O2. The van der Waals surface area contributed by atoms with Gasteiger partial charge in [-0.3, -0.25) is 9.59 Å². The first kappa shape index (κ1) is 18.3. The molecule has 136 valence electrons. The lowest BCUT2D eigenvalue weighted by Gasteiger charge is -2.22. The Hall–Kier alpha value is -3.46. The number of carbonyl (C=O) groups excluding carboxylic acids is 2. The van der Waals surface area contributed by atoms with Gasteiger partial charge in [0, 0.05) is 18.8 Å². The zero-order chi connectivity index (χ0) is 19.4. The highest BCUT2D eigenvalue weighted by molar-refractivity contribution is 6.21. The van der Waals surface area contributed by atoms with Crippen LogP contribution in [0.5, 0.6) is 0 Å². The molecule has 0 bridgehead atoms. The van der Waals surface area contributed by atoms with Gasteiger partial charge >= 0.3 is 0 Å². The van der Waals surface area contributed by atoms with Gasteiger partial charge < -0.3 is 4.90 Å². The van der Waals surface area contributed by atoms with Crippen LogP contribution >= 0.6 is 0 Å². The summed E-state index contributed by atoms with van der Waals surface area (Å²) < 4.78 is 0. The van der Waals surface area contributed by atoms with Crippen LogP contribution in [0.15, 0.2) is 47.6 Å². The third-order valence-electron chi connectivity index (χ3n) is 4.58. The molecule has 0 saturated carbocycles. The van der Waals surface area contributed by atoms with Gasteiger partial charge in [-0.25, -0.2) is 0 Å². The van der Waals surface area contributed by atoms with Crippen LogP contribution in [0.3, 0.4) is 0 Å². The maximum atomic E-state index is 12.4. The van der Waals surface area contributed by atoms with Crippen molar-refractivity contribution in [3.63, 3.8) is 0 Å². The topological polar surface area (TPSA) is 76.8 Å². The number of imide groups is 1. The summed E-state index contributed by atoms with van der Waals surface area (Å²) in [4.78, 5) is 26.8. The summed E-state index contributed by atoms with van der Waals surface area (Å²) in [5.74, 6) is -0.815. The van der Waals surface area contributed by atoms with Gasteiger partial charge in [0.25, 0.3) is 11.8 Å². The van der Waals surface area contributed by atoms with Crippen molar-refractivity contribution in [3.05, 3.63) is 64.7 Å². The molecule has 0 fully saturated rings. The van der Waals surface area contributed by atoms with Gasteiger partial charge in [0.15, 0.2) is 0 Å². The Labute approximate surface area is 158 Å². The van der Waals surface area contributed by atoms with E-state index in [2.05, 4.69) is 16.1 Å². The van der Waals surface area contributed by atoms with E-state index < -0.39 is 11.8 Å². The van der Waals surface area contributed by atoms with Crippen molar-refractivity contribution in [3.8, 4) is 6.07 Å². The van der Waals surface area contributed by atoms with Crippen LogP contribution in [0.1, 0.15) is 45.2 Å². The molecular weight excluding hydrogens is 340 g/mol. The number of hydrogen-bond acceptors (Lipinski definition) is 5. The van der Waals surface area contributed by atoms with E-state index in [9.17, 15) is 9.59 Å². The molecule has 2 aromatic carbocycles. The third-order valence-corrected chi connectivity index (χ3v) is 4.58. The van der Waals surface area contributed by atoms with Gasteiger partial charge in [0.1, 0.15) is 0 Å². The lowest BCUT2D eigenvalue weighted by atomic mass is 10.1. The summed E-state index contributed by atoms with van der Waals surface area (Å²) in [5.41, 5.74) is 3.59. The van der Waals surface area contributed by atoms with Gasteiger partial charge in [-0.2, -0.15) is 15.4 Å². The molecule has 0 N–H and O–H groups in total. The molecule has 0 radical (unpaired) electrons. The van der Waals surface area contributed by atoms with Crippen molar-refractivity contribution in [2.75, 3.05) is 18.0 Å². The van der Waals surface area contributed by atoms with Gasteiger partial charge in [-0.15, -0.1) is 0 Å². The van der Waals surface area contributed by atoms with Crippen molar-refractivity contribution in [2.24, 2.45) is 5.10 Å². The Kier molecular flexibility index (Phi) is 5.32. The van der Waals surface area contributed by atoms with Gasteiger partial charge in [0.05, 0.1) is 29.8 Å². The summed E-state index contributed by atoms with van der Waals surface area (Å²) in [7, 11) is 0. The van der Waals surface area contributed by atoms with Gasteiger partial charge in [0.2, 0.25) is 0 Å². The molecule has 0 saturated heterocycles. The standard InChI is InChI=1S/C21H20N4O2/c1-3-24(12-6-11-22)17-10-9-16(15(2)13-17)14-23-25-20(26)18-7-4-5-8-19(18)21(25)27/h4-5,7-10,13-14H,3,6,12H2,1-2H3/b23-14-. The molecule has 0 unspecified atom stereocenters. The number of hydrogen-bond donors (Lipinski definition) is 0. The molecule has 6 heteroatoms. The quantitative estimate of drug-likeness (QED) is 0.585. The maximum Gasteiger partial charge on any atom is 0.282 e. The molecule has 1 aliphatic heterocycles. The van der Waals surface area contributed by atoms with Crippen LogP contribution in [-0.2, 0) is 0 Å². The van der Waals surface area contributed by atoms with Crippen LogP contribution in [0.2, 0.25) is 0 Å². The second-order valence-corrected chi connectivity index (χ2v) is 6.24. The van der Waals surface area contributed by atoms with E-state index in [0.29, 0.717) is 24.1 Å². The first-order valence-corrected chi connectivity index (χ1v) is 8.81. The molecule has 0 aromatic heterocycles. The van der Waals surface area contributed by atoms with Crippen LogP contribution in [0.25, 0.3) is 0 Å². The summed E-state index contributed by atoms with van der Waals surface area (Å²) in [6.07, 6.45) is 2.00. The summed E-state index contributed by atoms with van der Waals surface area (Å²) >= 11 is 0. The fraction of sp³-hybridized carbons (Fsp3) is 0.238. The fourth-order valence-electron chi connectivity index (χ4n) is 3.06. The van der Waals surface area contributed by atoms with Crippen molar-refractivity contribution < 1.29 is 9.59 Å². The number of nitriles is 1. The average Bonchev–Trinajstić information content (AvgIpc) is 2.92. The molecule has 2 aromatic rings. The van der Waals surface area contributed by atoms with E-state index in [0.717, 1.165) is 28.4 Å². The molecule has 1 heterocycles. The molecule has 27 heavy (non-hydrogen) atoms. The molecule has 0 spiro atoms. The number of hydrazone groups is 1. The van der Waals surface area contributed by atoms with Crippen LogP contribution in [0.4, 0.5) is 5.69 Å². The molecule has 0 atom stereocenters. The number of nitrogens with zero attached hydrogens (tertiary/aromatic N) is 4. The highest BCUT2D eigenvalue weighted by Gasteiger charge is 2.35. The van der Waals surface area contributed by atoms with Crippen molar-refractivity contribution >= 4 is 23.7 Å².